The summed E-state index contributed by atoms with van der Waals surface area (Å²) in [5.41, 5.74) is 25.8. The van der Waals surface area contributed by atoms with E-state index in [0.29, 0.717) is 116 Å². The molecule has 12 heterocycles. The van der Waals surface area contributed by atoms with E-state index in [9.17, 15) is 18.3 Å². The number of benzene rings is 6. The molecule has 6 aliphatic rings. The second-order valence-corrected chi connectivity index (χ2v) is 29.7. The largest absolute Gasteiger partial charge is 0.507 e. The lowest BCUT2D eigenvalue weighted by molar-refractivity contribution is 0.122. The average molecular weight is 1810 g/mol. The van der Waals surface area contributed by atoms with Crippen LogP contribution in [0.1, 0.15) is 50.1 Å². The average Bonchev–Trinajstić information content (AvgIpc) is 0.987. The molecule has 6 aliphatic heterocycles. The molecule has 0 saturated carbocycles. The van der Waals surface area contributed by atoms with Crippen LogP contribution in [0, 0.1) is 38.2 Å². The van der Waals surface area contributed by atoms with E-state index in [-0.39, 0.29) is 41.0 Å². The van der Waals surface area contributed by atoms with Gasteiger partial charge in [-0.05, 0) is 78.9 Å². The number of hydrazone groups is 6. The van der Waals surface area contributed by atoms with Gasteiger partial charge in [0.15, 0.2) is 34.9 Å². The van der Waals surface area contributed by atoms with E-state index < -0.39 is 17.5 Å². The minimum atomic E-state index is -0.445. The number of para-hydroxylation sites is 1. The van der Waals surface area contributed by atoms with Crippen molar-refractivity contribution in [1.82, 2.24) is 59.8 Å². The Morgan fingerprint density at radius 2 is 0.549 bits per heavy atom. The number of phenolic OH excluding ortho intramolecular Hbond substituents is 1. The van der Waals surface area contributed by atoms with Crippen LogP contribution in [0.25, 0.3) is 0 Å². The van der Waals surface area contributed by atoms with E-state index in [4.69, 9.17) is 28.4 Å². The molecule has 12 aromatic rings. The van der Waals surface area contributed by atoms with Crippen molar-refractivity contribution in [3.8, 4) is 5.75 Å². The molecule has 6 saturated heterocycles. The van der Waals surface area contributed by atoms with E-state index in [1.807, 2.05) is 174 Å². The van der Waals surface area contributed by atoms with E-state index in [0.717, 1.165) is 135 Å². The molecule has 0 aliphatic carbocycles. The topological polar surface area (TPSA) is 396 Å². The number of nitrogens with one attached hydrogen (secondary N) is 6. The standard InChI is InChI=1S/2C16H18FN5O.C16H19N5O.C15H16FN5O.C15H17N5O2.C15H17N5O/c1-12-2-4-13(5-3-12)10-19-21-16-18-11-14(17)15(20-16)22-6-8-23-9-7-22;1-12-3-2-4-13(9-12)10-19-21-16-18-11-14(17)15(20-16)22-5-7-23-8-6-22;1-13-3-2-4-14(11-13)12-18-20-16-17-6-5-15(19-16)21-7-9-22-10-8-21;16-13-11-17-15(19-14(13)21-6-8-22-9-7-21)20-18-10-12-4-2-1-3-5-12;21-13-4-2-1-3-12(13)11-17-19-15-16-6-5-14(18-15)20-7-9-22-10-8-20;1-2-4-13(5-3-1)12-17-19-15-16-7-6-14(18-15)20-8-10-21-11-9-20/h2-5,10-11H,6-9H2,1H3,(H,18,20,21);2-4,9-11H,5-8H2,1H3,(H,18,20,21);2-6,11-12H,7-10H2,1H3,(H,17,19,20);1-5,10-11H,6-9H2,(H,17,19,20);1-6,11,21H,7-10H2,(H,16,18,19);1-7,12H,8-11H2,(H,16,18,19)/b2*19-10+;18-12+;18-10+;17-11+;17-12+. The Morgan fingerprint density at radius 1 is 0.278 bits per heavy atom. The van der Waals surface area contributed by atoms with Crippen molar-refractivity contribution in [2.75, 3.05) is 220 Å². The highest BCUT2D eigenvalue weighted by Gasteiger charge is 2.23. The predicted octanol–water partition coefficient (Wildman–Crippen LogP) is 11.6. The van der Waals surface area contributed by atoms with Gasteiger partial charge >= 0.3 is 0 Å². The van der Waals surface area contributed by atoms with Gasteiger partial charge < -0.3 is 62.9 Å². The van der Waals surface area contributed by atoms with Gasteiger partial charge in [-0.25, -0.2) is 75.6 Å². The number of ether oxygens (including phenoxy) is 6. The number of phenols is 1. The molecule has 0 radical (unpaired) electrons. The number of halogens is 3. The number of nitrogens with zero attached hydrogens (tertiary/aromatic N) is 24. The first kappa shape index (κ1) is 95.4. The molecule has 37 nitrogen and oxygen atoms in total. The third-order valence-corrected chi connectivity index (χ3v) is 20.0. The number of rotatable bonds is 24. The van der Waals surface area contributed by atoms with Crippen LogP contribution in [-0.4, -0.2) is 260 Å². The molecular formula is C93H105F3N30O7. The Morgan fingerprint density at radius 3 is 0.865 bits per heavy atom. The van der Waals surface area contributed by atoms with Gasteiger partial charge in [-0.15, -0.1) is 0 Å². The summed E-state index contributed by atoms with van der Waals surface area (Å²) < 4.78 is 73.5. The maximum atomic E-state index is 13.9. The Hall–Kier alpha value is -15.2. The van der Waals surface area contributed by atoms with Gasteiger partial charge in [0.25, 0.3) is 0 Å². The molecule has 0 bridgehead atoms. The number of aryl methyl sites for hydroxylation is 3. The Balaban J connectivity index is 0.000000136. The second kappa shape index (κ2) is 52.4. The molecule has 6 aromatic carbocycles. The Kier molecular flexibility index (Phi) is 37.6. The van der Waals surface area contributed by atoms with Crippen LogP contribution in [0.5, 0.6) is 5.75 Å². The summed E-state index contributed by atoms with van der Waals surface area (Å²) in [7, 11) is 0. The summed E-state index contributed by atoms with van der Waals surface area (Å²) in [5, 5.41) is 34.3. The minimum absolute atomic E-state index is 0.177. The summed E-state index contributed by atoms with van der Waals surface area (Å²) in [4.78, 5) is 62.2. The normalized spacial score (nSPS) is 15.2. The number of aromatic hydroxyl groups is 1. The first-order valence-corrected chi connectivity index (χ1v) is 43.2. The fraction of sp³-hybridized carbons (Fsp3) is 0.290. The molecule has 40 heteroatoms. The highest BCUT2D eigenvalue weighted by atomic mass is 19.1. The summed E-state index contributed by atoms with van der Waals surface area (Å²) >= 11 is 0. The summed E-state index contributed by atoms with van der Waals surface area (Å²) in [6, 6.07) is 56.1. The van der Waals surface area contributed by atoms with Crippen molar-refractivity contribution in [3.63, 3.8) is 0 Å². The Bertz CT molecular complexity index is 5730. The van der Waals surface area contributed by atoms with Crippen molar-refractivity contribution in [2.24, 2.45) is 30.6 Å². The van der Waals surface area contributed by atoms with Crippen LogP contribution in [0.2, 0.25) is 0 Å². The zero-order valence-corrected chi connectivity index (χ0v) is 73.9. The number of aromatic nitrogens is 12. The monoisotopic (exact) mass is 1810 g/mol. The molecule has 18 rings (SSSR count). The van der Waals surface area contributed by atoms with Crippen molar-refractivity contribution in [3.05, 3.63) is 281 Å². The predicted molar refractivity (Wildman–Crippen MR) is 512 cm³/mol. The first-order valence-electron chi connectivity index (χ1n) is 43.2. The number of hydrogen-bond donors (Lipinski definition) is 7. The van der Waals surface area contributed by atoms with Gasteiger partial charge in [0.1, 0.15) is 23.2 Å². The quantitative estimate of drug-likeness (QED) is 0.0218. The van der Waals surface area contributed by atoms with Crippen LogP contribution in [0.3, 0.4) is 0 Å². The zero-order chi connectivity index (χ0) is 92.1. The number of morpholine rings is 6. The van der Waals surface area contributed by atoms with Crippen molar-refractivity contribution < 1.29 is 46.7 Å². The van der Waals surface area contributed by atoms with Crippen molar-refractivity contribution >= 4 is 108 Å². The van der Waals surface area contributed by atoms with E-state index in [2.05, 4.69) is 157 Å². The molecule has 6 aromatic heterocycles. The van der Waals surface area contributed by atoms with Crippen molar-refractivity contribution in [2.45, 2.75) is 20.8 Å². The van der Waals surface area contributed by atoms with Crippen LogP contribution in [0.15, 0.2) is 244 Å². The molecule has 6 fully saturated rings. The van der Waals surface area contributed by atoms with Crippen molar-refractivity contribution in [1.29, 1.82) is 0 Å². The van der Waals surface area contributed by atoms with E-state index >= 15 is 0 Å². The van der Waals surface area contributed by atoms with Crippen LogP contribution in [-0.2, 0) is 28.4 Å². The minimum Gasteiger partial charge on any atom is -0.507 e. The lowest BCUT2D eigenvalue weighted by Crippen LogP contribution is -2.37. The molecule has 0 amide bonds. The van der Waals surface area contributed by atoms with Crippen LogP contribution in [0.4, 0.5) is 83.8 Å². The molecule has 0 atom stereocenters. The van der Waals surface area contributed by atoms with Gasteiger partial charge in [0.05, 0.1) is 135 Å². The lowest BCUT2D eigenvalue weighted by atomic mass is 10.2. The van der Waals surface area contributed by atoms with E-state index in [1.165, 1.54) is 17.3 Å². The summed E-state index contributed by atoms with van der Waals surface area (Å²) in [6.45, 7) is 22.6. The fourth-order valence-corrected chi connectivity index (χ4v) is 13.2. The first-order chi connectivity index (χ1) is 65.3. The third-order valence-electron chi connectivity index (χ3n) is 20.0. The molecule has 133 heavy (non-hydrogen) atoms. The van der Waals surface area contributed by atoms with Gasteiger partial charge in [-0.3, -0.25) is 0 Å². The molecule has 7 N–H and O–H groups in total. The van der Waals surface area contributed by atoms with Gasteiger partial charge in [-0.2, -0.15) is 60.5 Å². The number of anilines is 12. The number of hydrogen-bond acceptors (Lipinski definition) is 37. The smallest absolute Gasteiger partial charge is 0.245 e. The lowest BCUT2D eigenvalue weighted by Gasteiger charge is -2.27. The Labute approximate surface area is 768 Å². The van der Waals surface area contributed by atoms with Gasteiger partial charge in [0, 0.05) is 103 Å². The van der Waals surface area contributed by atoms with Gasteiger partial charge in [-0.1, -0.05) is 162 Å². The molecule has 0 unspecified atom stereocenters. The molecule has 690 valence electrons. The highest BCUT2D eigenvalue weighted by Crippen LogP contribution is 2.24. The summed E-state index contributed by atoms with van der Waals surface area (Å²) in [6.07, 6.45) is 18.6. The zero-order valence-electron chi connectivity index (χ0n) is 73.9. The van der Waals surface area contributed by atoms with Crippen LogP contribution >= 0.6 is 0 Å². The fourth-order valence-electron chi connectivity index (χ4n) is 13.2. The third kappa shape index (κ3) is 32.1. The van der Waals surface area contributed by atoms with Gasteiger partial charge in [0.2, 0.25) is 35.7 Å². The summed E-state index contributed by atoms with van der Waals surface area (Å²) in [5.74, 6) is 4.48. The molecule has 0 spiro atoms. The second-order valence-electron chi connectivity index (χ2n) is 29.7. The molecular weight excluding hydrogens is 1710 g/mol. The van der Waals surface area contributed by atoms with Crippen LogP contribution < -0.4 is 62.0 Å². The maximum absolute atomic E-state index is 13.9. The highest BCUT2D eigenvalue weighted by molar-refractivity contribution is 5.84. The SMILES string of the molecule is C(=N\Nc1nccc(N2CCOCC2)n1)/c1ccccc1.Cc1ccc(/C=N/Nc2ncc(F)c(N3CCOCC3)n2)cc1.Cc1cccc(/C=N/Nc2ncc(F)c(N3CCOCC3)n2)c1.Cc1cccc(/C=N/Nc2nccc(N3CCOCC3)n2)c1.Fc1cnc(N/N=C/c2ccccc2)nc1N1CCOCC1.Oc1ccccc1/C=N/Nc1nccc(N2CCOCC2)n1. The maximum Gasteiger partial charge on any atom is 0.245 e. The van der Waals surface area contributed by atoms with E-state index in [1.54, 1.807) is 67.9 Å².